The first-order chi connectivity index (χ1) is 11.6. The summed E-state index contributed by atoms with van der Waals surface area (Å²) in [5.74, 6) is -0.185. The lowest BCUT2D eigenvalue weighted by Crippen LogP contribution is -2.32. The number of thiophene rings is 1. The maximum absolute atomic E-state index is 12.9. The van der Waals surface area contributed by atoms with Crippen LogP contribution in [-0.4, -0.2) is 29.1 Å². The molecule has 0 aliphatic heterocycles. The predicted octanol–water partition coefficient (Wildman–Crippen LogP) is 4.84. The lowest BCUT2D eigenvalue weighted by molar-refractivity contribution is 0.0713. The Morgan fingerprint density at radius 2 is 1.88 bits per heavy atom. The Kier molecular flexibility index (Phi) is 5.41. The molecule has 24 heavy (non-hydrogen) atoms. The summed E-state index contributed by atoms with van der Waals surface area (Å²) >= 11 is 13.7. The molecule has 2 aromatic carbocycles. The van der Waals surface area contributed by atoms with Gasteiger partial charge in [-0.2, -0.15) is 0 Å². The molecule has 1 aromatic heterocycles. The molecule has 6 heteroatoms. The number of aliphatic hydroxyl groups is 1. The fraction of sp³-hybridized carbons (Fsp3) is 0.167. The molecule has 0 spiro atoms. The summed E-state index contributed by atoms with van der Waals surface area (Å²) in [5, 5.41) is 11.2. The number of amides is 1. The molecule has 0 saturated heterocycles. The molecule has 0 atom stereocenters. The Balaban J connectivity index is 1.94. The summed E-state index contributed by atoms with van der Waals surface area (Å²) in [5.41, 5.74) is 1.000. The van der Waals surface area contributed by atoms with E-state index in [9.17, 15) is 9.90 Å². The van der Waals surface area contributed by atoms with Crippen molar-refractivity contribution >= 4 is 50.5 Å². The van der Waals surface area contributed by atoms with E-state index in [2.05, 4.69) is 0 Å². The number of hydrogen-bond donors (Lipinski definition) is 1. The molecule has 1 amide bonds. The van der Waals surface area contributed by atoms with Crippen LogP contribution in [0.5, 0.6) is 0 Å². The summed E-state index contributed by atoms with van der Waals surface area (Å²) in [6.07, 6.45) is 0. The van der Waals surface area contributed by atoms with Crippen LogP contribution in [0.4, 0.5) is 0 Å². The molecule has 0 saturated carbocycles. The minimum absolute atomic E-state index is 0.104. The van der Waals surface area contributed by atoms with E-state index >= 15 is 0 Å². The Labute approximate surface area is 154 Å². The molecule has 1 N–H and O–H groups in total. The average molecular weight is 380 g/mol. The molecule has 124 valence electrons. The molecule has 0 fully saturated rings. The van der Waals surface area contributed by atoms with Crippen molar-refractivity contribution in [2.24, 2.45) is 0 Å². The zero-order valence-electron chi connectivity index (χ0n) is 12.7. The molecule has 1 heterocycles. The second-order valence-electron chi connectivity index (χ2n) is 5.32. The molecular weight excluding hydrogens is 365 g/mol. The molecule has 3 nitrogen and oxygen atoms in total. The van der Waals surface area contributed by atoms with Gasteiger partial charge in [-0.3, -0.25) is 4.79 Å². The molecule has 0 unspecified atom stereocenters. The SMILES string of the molecule is O=C(c1sc2cc(Cl)ccc2c1Cl)N(CCO)Cc1ccccc1. The maximum Gasteiger partial charge on any atom is 0.265 e. The largest absolute Gasteiger partial charge is 0.395 e. The number of hydrogen-bond acceptors (Lipinski definition) is 3. The Morgan fingerprint density at radius 3 is 2.58 bits per heavy atom. The summed E-state index contributed by atoms with van der Waals surface area (Å²) in [4.78, 5) is 15.0. The lowest BCUT2D eigenvalue weighted by Gasteiger charge is -2.21. The third-order valence-corrected chi connectivity index (χ3v) is 5.54. The van der Waals surface area contributed by atoms with E-state index in [1.807, 2.05) is 36.4 Å². The first kappa shape index (κ1) is 17.2. The van der Waals surface area contributed by atoms with Crippen LogP contribution in [0.25, 0.3) is 10.1 Å². The summed E-state index contributed by atoms with van der Waals surface area (Å²) in [6.45, 7) is 0.567. The van der Waals surface area contributed by atoms with Gasteiger partial charge in [0.05, 0.1) is 11.6 Å². The minimum atomic E-state index is -0.185. The highest BCUT2D eigenvalue weighted by atomic mass is 35.5. The maximum atomic E-state index is 12.9. The second kappa shape index (κ2) is 7.53. The second-order valence-corrected chi connectivity index (χ2v) is 7.19. The quantitative estimate of drug-likeness (QED) is 0.688. The van der Waals surface area contributed by atoms with Crippen molar-refractivity contribution in [1.29, 1.82) is 0 Å². The summed E-state index contributed by atoms with van der Waals surface area (Å²) < 4.78 is 0.875. The zero-order valence-corrected chi connectivity index (χ0v) is 15.0. The van der Waals surface area contributed by atoms with Crippen LogP contribution >= 0.6 is 34.5 Å². The smallest absolute Gasteiger partial charge is 0.265 e. The molecule has 0 aliphatic carbocycles. The van der Waals surface area contributed by atoms with Gasteiger partial charge in [-0.05, 0) is 17.7 Å². The Morgan fingerprint density at radius 1 is 1.12 bits per heavy atom. The number of aliphatic hydroxyl groups excluding tert-OH is 1. The van der Waals surface area contributed by atoms with E-state index in [1.54, 1.807) is 17.0 Å². The van der Waals surface area contributed by atoms with Crippen LogP contribution < -0.4 is 0 Å². The number of rotatable bonds is 5. The molecule has 3 aromatic rings. The Hall–Kier alpha value is -1.59. The number of benzene rings is 2. The van der Waals surface area contributed by atoms with Crippen molar-refractivity contribution in [3.8, 4) is 0 Å². The van der Waals surface area contributed by atoms with Gasteiger partial charge in [0.2, 0.25) is 0 Å². The van der Waals surface area contributed by atoms with Crippen molar-refractivity contribution in [3.05, 3.63) is 69.0 Å². The first-order valence-electron chi connectivity index (χ1n) is 7.41. The highest BCUT2D eigenvalue weighted by molar-refractivity contribution is 7.21. The van der Waals surface area contributed by atoms with Gasteiger partial charge in [0, 0.05) is 28.2 Å². The van der Waals surface area contributed by atoms with E-state index in [0.717, 1.165) is 15.6 Å². The van der Waals surface area contributed by atoms with Crippen molar-refractivity contribution < 1.29 is 9.90 Å². The van der Waals surface area contributed by atoms with Crippen molar-refractivity contribution in [2.75, 3.05) is 13.2 Å². The van der Waals surface area contributed by atoms with Gasteiger partial charge in [-0.1, -0.05) is 59.6 Å². The third kappa shape index (κ3) is 3.57. The highest BCUT2D eigenvalue weighted by Crippen LogP contribution is 2.37. The van der Waals surface area contributed by atoms with E-state index in [4.69, 9.17) is 23.2 Å². The topological polar surface area (TPSA) is 40.5 Å². The van der Waals surface area contributed by atoms with Crippen LogP contribution in [-0.2, 0) is 6.54 Å². The monoisotopic (exact) mass is 379 g/mol. The third-order valence-electron chi connectivity index (χ3n) is 3.66. The van der Waals surface area contributed by atoms with Crippen LogP contribution in [0.15, 0.2) is 48.5 Å². The molecule has 0 aliphatic rings. The van der Waals surface area contributed by atoms with Crippen LogP contribution in [0.2, 0.25) is 10.0 Å². The molecule has 0 radical (unpaired) electrons. The molecule has 3 rings (SSSR count). The van der Waals surface area contributed by atoms with Gasteiger partial charge in [0.1, 0.15) is 4.88 Å². The summed E-state index contributed by atoms with van der Waals surface area (Å²) in [7, 11) is 0. The van der Waals surface area contributed by atoms with Gasteiger partial charge in [0.15, 0.2) is 0 Å². The Bertz CT molecular complexity index is 864. The fourth-order valence-corrected chi connectivity index (χ4v) is 4.25. The molecular formula is C18H15Cl2NO2S. The molecule has 0 bridgehead atoms. The standard InChI is InChI=1S/C18H15Cl2NO2S/c19-13-6-7-14-15(10-13)24-17(16(14)20)18(23)21(8-9-22)11-12-4-2-1-3-5-12/h1-7,10,22H,8-9,11H2. The number of fused-ring (bicyclic) bond motifs is 1. The number of nitrogens with zero attached hydrogens (tertiary/aromatic N) is 1. The van der Waals surface area contributed by atoms with E-state index in [1.165, 1.54) is 11.3 Å². The summed E-state index contributed by atoms with van der Waals surface area (Å²) in [6, 6.07) is 15.0. The van der Waals surface area contributed by atoms with Gasteiger partial charge in [-0.25, -0.2) is 0 Å². The zero-order chi connectivity index (χ0) is 17.1. The number of carbonyl (C=O) groups excluding carboxylic acids is 1. The van der Waals surface area contributed by atoms with Crippen molar-refractivity contribution in [3.63, 3.8) is 0 Å². The van der Waals surface area contributed by atoms with Crippen molar-refractivity contribution in [1.82, 2.24) is 4.90 Å². The van der Waals surface area contributed by atoms with Crippen LogP contribution in [0.1, 0.15) is 15.2 Å². The van der Waals surface area contributed by atoms with Gasteiger partial charge in [-0.15, -0.1) is 11.3 Å². The highest BCUT2D eigenvalue weighted by Gasteiger charge is 2.22. The average Bonchev–Trinajstić information content (AvgIpc) is 2.91. The van der Waals surface area contributed by atoms with E-state index in [-0.39, 0.29) is 19.1 Å². The van der Waals surface area contributed by atoms with E-state index < -0.39 is 0 Å². The van der Waals surface area contributed by atoms with Crippen molar-refractivity contribution in [2.45, 2.75) is 6.54 Å². The van der Waals surface area contributed by atoms with Crippen LogP contribution in [0, 0.1) is 0 Å². The van der Waals surface area contributed by atoms with E-state index in [0.29, 0.717) is 21.5 Å². The fourth-order valence-electron chi connectivity index (χ4n) is 2.50. The number of halogens is 2. The van der Waals surface area contributed by atoms with Gasteiger partial charge in [0.25, 0.3) is 5.91 Å². The van der Waals surface area contributed by atoms with Gasteiger partial charge >= 0.3 is 0 Å². The lowest BCUT2D eigenvalue weighted by atomic mass is 10.2. The number of carbonyl (C=O) groups is 1. The normalized spacial score (nSPS) is 11.0. The van der Waals surface area contributed by atoms with Crippen LogP contribution in [0.3, 0.4) is 0 Å². The minimum Gasteiger partial charge on any atom is -0.395 e. The first-order valence-corrected chi connectivity index (χ1v) is 8.99. The predicted molar refractivity (Wildman–Crippen MR) is 100 cm³/mol. The van der Waals surface area contributed by atoms with Gasteiger partial charge < -0.3 is 10.0 Å².